The molecule has 0 bridgehead atoms. The van der Waals surface area contributed by atoms with Crippen LogP contribution in [-0.4, -0.2) is 24.8 Å². The molecule has 130 valence electrons. The Kier molecular flexibility index (Phi) is 4.32. The normalized spacial score (nSPS) is 10.8. The van der Waals surface area contributed by atoms with E-state index in [1.54, 1.807) is 34.8 Å². The van der Waals surface area contributed by atoms with Crippen molar-refractivity contribution in [1.29, 1.82) is 0 Å². The highest BCUT2D eigenvalue weighted by Gasteiger charge is 2.09. The van der Waals surface area contributed by atoms with E-state index in [-0.39, 0.29) is 12.5 Å². The van der Waals surface area contributed by atoms with Gasteiger partial charge in [0.2, 0.25) is 11.8 Å². The molecule has 0 atom stereocenters. The summed E-state index contributed by atoms with van der Waals surface area (Å²) >= 11 is 5.99. The Hall–Kier alpha value is -3.26. The number of halogens is 2. The number of pyridine rings is 1. The van der Waals surface area contributed by atoms with Crippen molar-refractivity contribution in [3.8, 4) is 5.88 Å². The Morgan fingerprint density at radius 3 is 2.81 bits per heavy atom. The second-order valence-electron chi connectivity index (χ2n) is 5.33. The molecule has 0 radical (unpaired) electrons. The van der Waals surface area contributed by atoms with Gasteiger partial charge < -0.3 is 10.1 Å². The van der Waals surface area contributed by atoms with Gasteiger partial charge in [-0.05, 0) is 36.4 Å². The third kappa shape index (κ3) is 3.55. The Morgan fingerprint density at radius 1 is 1.08 bits per heavy atom. The molecule has 4 rings (SSSR count). The molecular formula is C17H12ClFN6O. The Balaban J connectivity index is 1.56. The van der Waals surface area contributed by atoms with Gasteiger partial charge in [-0.15, -0.1) is 15.3 Å². The molecule has 0 fully saturated rings. The highest BCUT2D eigenvalue weighted by atomic mass is 35.5. The van der Waals surface area contributed by atoms with Gasteiger partial charge in [0.15, 0.2) is 23.9 Å². The van der Waals surface area contributed by atoms with Gasteiger partial charge in [0, 0.05) is 16.8 Å². The van der Waals surface area contributed by atoms with Crippen LogP contribution in [0.4, 0.5) is 15.9 Å². The molecule has 0 aliphatic carbocycles. The summed E-state index contributed by atoms with van der Waals surface area (Å²) in [5, 5.41) is 16.3. The largest absolute Gasteiger partial charge is 0.469 e. The molecule has 0 spiro atoms. The third-order valence-electron chi connectivity index (χ3n) is 3.46. The van der Waals surface area contributed by atoms with Crippen LogP contribution in [0.5, 0.6) is 5.88 Å². The van der Waals surface area contributed by atoms with Crippen LogP contribution in [0.1, 0.15) is 5.82 Å². The van der Waals surface area contributed by atoms with E-state index in [9.17, 15) is 4.39 Å². The number of aromatic nitrogens is 5. The monoisotopic (exact) mass is 370 g/mol. The van der Waals surface area contributed by atoms with Crippen LogP contribution >= 0.6 is 11.6 Å². The molecule has 1 aromatic carbocycles. The molecule has 0 unspecified atom stereocenters. The van der Waals surface area contributed by atoms with E-state index in [1.807, 2.05) is 12.1 Å². The van der Waals surface area contributed by atoms with E-state index in [2.05, 4.69) is 25.6 Å². The van der Waals surface area contributed by atoms with Crippen molar-refractivity contribution in [1.82, 2.24) is 24.8 Å². The van der Waals surface area contributed by atoms with Gasteiger partial charge in [-0.1, -0.05) is 23.7 Å². The maximum absolute atomic E-state index is 13.1. The first-order chi connectivity index (χ1) is 12.7. The predicted octanol–water partition coefficient (Wildman–Crippen LogP) is 3.63. The molecule has 0 amide bonds. The van der Waals surface area contributed by atoms with E-state index in [0.29, 0.717) is 22.3 Å². The molecule has 0 aliphatic rings. The lowest BCUT2D eigenvalue weighted by Crippen LogP contribution is -2.06. The molecular weight excluding hydrogens is 359 g/mol. The zero-order valence-electron chi connectivity index (χ0n) is 13.3. The molecule has 9 heteroatoms. The molecule has 0 saturated heterocycles. The Morgan fingerprint density at radius 2 is 1.96 bits per heavy atom. The topological polar surface area (TPSA) is 77.2 Å². The quantitative estimate of drug-likeness (QED) is 0.540. The summed E-state index contributed by atoms with van der Waals surface area (Å²) < 4.78 is 20.1. The fraction of sp³-hybridized carbons (Fsp3) is 0.0588. The van der Waals surface area contributed by atoms with Crippen LogP contribution in [0.3, 0.4) is 0 Å². The summed E-state index contributed by atoms with van der Waals surface area (Å²) in [6.07, 6.45) is 0. The van der Waals surface area contributed by atoms with Gasteiger partial charge in [-0.25, -0.2) is 0 Å². The lowest BCUT2D eigenvalue weighted by molar-refractivity contribution is 0.277. The Labute approximate surface area is 152 Å². The third-order valence-corrected chi connectivity index (χ3v) is 3.70. The fourth-order valence-electron chi connectivity index (χ4n) is 2.31. The number of rotatable bonds is 5. The standard InChI is InChI=1S/C17H12ClFN6O/c18-11-3-1-4-12(9-11)20-14-7-8-15-22-23-16(25(15)24-14)10-26-17-6-2-5-13(19)21-17/h1-9H,10H2,(H,20,24). The van der Waals surface area contributed by atoms with Gasteiger partial charge in [-0.2, -0.15) is 13.9 Å². The lowest BCUT2D eigenvalue weighted by Gasteiger charge is -2.07. The Bertz CT molecular complexity index is 1070. The van der Waals surface area contributed by atoms with Crippen LogP contribution < -0.4 is 10.1 Å². The number of anilines is 2. The average molecular weight is 371 g/mol. The van der Waals surface area contributed by atoms with Crippen molar-refractivity contribution >= 4 is 28.8 Å². The van der Waals surface area contributed by atoms with Crippen LogP contribution in [-0.2, 0) is 6.61 Å². The molecule has 26 heavy (non-hydrogen) atoms. The number of fused-ring (bicyclic) bond motifs is 1. The SMILES string of the molecule is Fc1cccc(OCc2nnc3ccc(Nc4cccc(Cl)c4)nn23)n1. The van der Waals surface area contributed by atoms with Crippen molar-refractivity contribution in [2.45, 2.75) is 6.61 Å². The van der Waals surface area contributed by atoms with E-state index in [4.69, 9.17) is 16.3 Å². The number of nitrogens with one attached hydrogen (secondary N) is 1. The minimum absolute atomic E-state index is 0.0469. The first-order valence-electron chi connectivity index (χ1n) is 7.67. The highest BCUT2D eigenvalue weighted by molar-refractivity contribution is 6.30. The molecule has 3 heterocycles. The summed E-state index contributed by atoms with van der Waals surface area (Å²) in [5.41, 5.74) is 1.37. The number of ether oxygens (including phenoxy) is 1. The molecule has 3 aromatic heterocycles. The number of hydrogen-bond acceptors (Lipinski definition) is 6. The van der Waals surface area contributed by atoms with Crippen LogP contribution in [0, 0.1) is 5.95 Å². The van der Waals surface area contributed by atoms with Crippen molar-refractivity contribution in [3.63, 3.8) is 0 Å². The molecule has 0 saturated carbocycles. The minimum Gasteiger partial charge on any atom is -0.469 e. The fourth-order valence-corrected chi connectivity index (χ4v) is 2.50. The zero-order valence-corrected chi connectivity index (χ0v) is 14.1. The van der Waals surface area contributed by atoms with Crippen molar-refractivity contribution in [2.75, 3.05) is 5.32 Å². The van der Waals surface area contributed by atoms with E-state index < -0.39 is 5.95 Å². The average Bonchev–Trinajstić information content (AvgIpc) is 3.02. The zero-order chi connectivity index (χ0) is 17.9. The number of hydrogen-bond donors (Lipinski definition) is 1. The van der Waals surface area contributed by atoms with Gasteiger partial charge in [0.1, 0.15) is 0 Å². The van der Waals surface area contributed by atoms with Crippen molar-refractivity contribution in [2.24, 2.45) is 0 Å². The maximum Gasteiger partial charge on any atom is 0.216 e. The van der Waals surface area contributed by atoms with E-state index in [0.717, 1.165) is 5.69 Å². The summed E-state index contributed by atoms with van der Waals surface area (Å²) in [7, 11) is 0. The van der Waals surface area contributed by atoms with Crippen molar-refractivity contribution in [3.05, 3.63) is 71.4 Å². The second kappa shape index (κ2) is 6.93. The molecule has 0 aliphatic heterocycles. The smallest absolute Gasteiger partial charge is 0.216 e. The van der Waals surface area contributed by atoms with Gasteiger partial charge in [0.25, 0.3) is 0 Å². The molecule has 4 aromatic rings. The lowest BCUT2D eigenvalue weighted by atomic mass is 10.3. The van der Waals surface area contributed by atoms with E-state index >= 15 is 0 Å². The van der Waals surface area contributed by atoms with Gasteiger partial charge in [0.05, 0.1) is 0 Å². The van der Waals surface area contributed by atoms with E-state index in [1.165, 1.54) is 12.1 Å². The van der Waals surface area contributed by atoms with Gasteiger partial charge in [-0.3, -0.25) is 0 Å². The second-order valence-corrected chi connectivity index (χ2v) is 5.76. The first kappa shape index (κ1) is 16.2. The molecule has 1 N–H and O–H groups in total. The van der Waals surface area contributed by atoms with Crippen LogP contribution in [0.2, 0.25) is 5.02 Å². The number of nitrogens with zero attached hydrogens (tertiary/aromatic N) is 5. The summed E-state index contributed by atoms with van der Waals surface area (Å²) in [6.45, 7) is 0.0469. The summed E-state index contributed by atoms with van der Waals surface area (Å²) in [6, 6.07) is 15.2. The van der Waals surface area contributed by atoms with Gasteiger partial charge >= 0.3 is 0 Å². The number of benzene rings is 1. The van der Waals surface area contributed by atoms with Crippen LogP contribution in [0.15, 0.2) is 54.6 Å². The highest BCUT2D eigenvalue weighted by Crippen LogP contribution is 2.19. The van der Waals surface area contributed by atoms with Crippen molar-refractivity contribution < 1.29 is 9.13 Å². The minimum atomic E-state index is -0.611. The first-order valence-corrected chi connectivity index (χ1v) is 8.04. The predicted molar refractivity (Wildman–Crippen MR) is 94.0 cm³/mol. The maximum atomic E-state index is 13.1. The summed E-state index contributed by atoms with van der Waals surface area (Å²) in [4.78, 5) is 3.64. The van der Waals surface area contributed by atoms with Crippen LogP contribution in [0.25, 0.3) is 5.65 Å². The summed E-state index contributed by atoms with van der Waals surface area (Å²) in [5.74, 6) is 0.597. The molecule has 7 nitrogen and oxygen atoms in total.